The molecule has 0 radical (unpaired) electrons. The molecule has 1 aromatic heterocycles. The number of hydrogen-bond donors (Lipinski definition) is 1. The van der Waals surface area contributed by atoms with Crippen molar-refractivity contribution in [2.24, 2.45) is 0 Å². The van der Waals surface area contributed by atoms with Crippen LogP contribution in [-0.2, 0) is 16.8 Å². The normalized spacial score (nSPS) is 22.8. The topological polar surface area (TPSA) is 68.4 Å². The molecule has 1 fully saturated rings. The highest BCUT2D eigenvalue weighted by Gasteiger charge is 2.36. The quantitative estimate of drug-likeness (QED) is 0.917. The molecule has 0 saturated carbocycles. The lowest BCUT2D eigenvalue weighted by Crippen LogP contribution is -2.21. The third-order valence-electron chi connectivity index (χ3n) is 3.49. The van der Waals surface area contributed by atoms with Crippen molar-refractivity contribution in [1.82, 2.24) is 10.1 Å². The fourth-order valence-corrected chi connectivity index (χ4v) is 2.32. The van der Waals surface area contributed by atoms with Crippen molar-refractivity contribution < 1.29 is 14.4 Å². The van der Waals surface area contributed by atoms with E-state index in [1.807, 2.05) is 19.1 Å². The average Bonchev–Trinajstić information content (AvgIpc) is 3.02. The minimum atomic E-state index is -0.430. The molecule has 0 aliphatic carbocycles. The lowest BCUT2D eigenvalue weighted by atomic mass is 10.0. The van der Waals surface area contributed by atoms with E-state index in [2.05, 4.69) is 10.1 Å². The molecule has 19 heavy (non-hydrogen) atoms. The zero-order valence-corrected chi connectivity index (χ0v) is 10.8. The fraction of sp³-hybridized carbons (Fsp3) is 0.429. The van der Waals surface area contributed by atoms with Crippen LogP contribution in [0, 0.1) is 0 Å². The number of aromatic hydroxyl groups is 1. The number of benzene rings is 1. The molecule has 1 N–H and O–H groups in total. The van der Waals surface area contributed by atoms with E-state index in [-0.39, 0.29) is 5.75 Å². The SMILES string of the molecule is CC1(c2noc(Cc3ccccc3O)n2)CCCO1. The largest absolute Gasteiger partial charge is 0.508 e. The second kappa shape index (κ2) is 4.66. The molecule has 2 aromatic rings. The first kappa shape index (κ1) is 12.2. The van der Waals surface area contributed by atoms with Gasteiger partial charge in [-0.1, -0.05) is 23.4 Å². The summed E-state index contributed by atoms with van der Waals surface area (Å²) in [6.45, 7) is 2.72. The summed E-state index contributed by atoms with van der Waals surface area (Å²) < 4.78 is 10.9. The Labute approximate surface area is 111 Å². The number of para-hydroxylation sites is 1. The summed E-state index contributed by atoms with van der Waals surface area (Å²) >= 11 is 0. The molecule has 0 spiro atoms. The van der Waals surface area contributed by atoms with Gasteiger partial charge in [-0.25, -0.2) is 0 Å². The molecule has 1 aliphatic rings. The molecule has 0 amide bonds. The summed E-state index contributed by atoms with van der Waals surface area (Å²) in [5.74, 6) is 1.33. The van der Waals surface area contributed by atoms with Crippen LogP contribution in [0.5, 0.6) is 5.75 Å². The van der Waals surface area contributed by atoms with Gasteiger partial charge >= 0.3 is 0 Å². The van der Waals surface area contributed by atoms with Crippen LogP contribution in [-0.4, -0.2) is 21.9 Å². The molecular weight excluding hydrogens is 244 g/mol. The average molecular weight is 260 g/mol. The van der Waals surface area contributed by atoms with E-state index in [0.29, 0.717) is 18.1 Å². The molecule has 5 heteroatoms. The Morgan fingerprint density at radius 1 is 1.37 bits per heavy atom. The third-order valence-corrected chi connectivity index (χ3v) is 3.49. The van der Waals surface area contributed by atoms with E-state index in [1.165, 1.54) is 0 Å². The van der Waals surface area contributed by atoms with Crippen LogP contribution in [0.4, 0.5) is 0 Å². The van der Waals surface area contributed by atoms with Crippen LogP contribution < -0.4 is 0 Å². The van der Waals surface area contributed by atoms with Crippen molar-refractivity contribution in [3.63, 3.8) is 0 Å². The molecular formula is C14H16N2O3. The number of phenols is 1. The Kier molecular flexibility index (Phi) is 2.98. The number of aromatic nitrogens is 2. The minimum Gasteiger partial charge on any atom is -0.508 e. The Bertz CT molecular complexity index is 574. The van der Waals surface area contributed by atoms with Crippen LogP contribution in [0.3, 0.4) is 0 Å². The van der Waals surface area contributed by atoms with Crippen LogP contribution >= 0.6 is 0 Å². The predicted octanol–water partition coefficient (Wildman–Crippen LogP) is 2.39. The smallest absolute Gasteiger partial charge is 0.231 e. The van der Waals surface area contributed by atoms with E-state index in [4.69, 9.17) is 9.26 Å². The van der Waals surface area contributed by atoms with Gasteiger partial charge in [-0.05, 0) is 25.8 Å². The maximum atomic E-state index is 9.73. The zero-order chi connectivity index (χ0) is 13.3. The van der Waals surface area contributed by atoms with Gasteiger partial charge in [0.2, 0.25) is 11.7 Å². The molecule has 100 valence electrons. The van der Waals surface area contributed by atoms with Gasteiger partial charge in [0.1, 0.15) is 11.4 Å². The number of rotatable bonds is 3. The van der Waals surface area contributed by atoms with Crippen molar-refractivity contribution in [2.75, 3.05) is 6.61 Å². The maximum Gasteiger partial charge on any atom is 0.231 e. The third kappa shape index (κ3) is 2.33. The second-order valence-corrected chi connectivity index (χ2v) is 5.00. The highest BCUT2D eigenvalue weighted by atomic mass is 16.5. The second-order valence-electron chi connectivity index (χ2n) is 5.00. The van der Waals surface area contributed by atoms with E-state index >= 15 is 0 Å². The van der Waals surface area contributed by atoms with E-state index in [0.717, 1.165) is 25.0 Å². The standard InChI is InChI=1S/C14H16N2O3/c1-14(7-4-8-18-14)13-15-12(19-16-13)9-10-5-2-3-6-11(10)17/h2-3,5-6,17H,4,7-9H2,1H3. The lowest BCUT2D eigenvalue weighted by Gasteiger charge is -2.17. The lowest BCUT2D eigenvalue weighted by molar-refractivity contribution is 0.00768. The van der Waals surface area contributed by atoms with Crippen LogP contribution in [0.2, 0.25) is 0 Å². The van der Waals surface area contributed by atoms with Gasteiger partial charge in [0.25, 0.3) is 0 Å². The number of ether oxygens (including phenoxy) is 1. The van der Waals surface area contributed by atoms with Crippen molar-refractivity contribution >= 4 is 0 Å². The highest BCUT2D eigenvalue weighted by molar-refractivity contribution is 5.33. The Balaban J connectivity index is 1.80. The molecule has 1 unspecified atom stereocenters. The molecule has 1 aromatic carbocycles. The Hall–Kier alpha value is -1.88. The molecule has 2 heterocycles. The van der Waals surface area contributed by atoms with Gasteiger partial charge in [-0.3, -0.25) is 0 Å². The van der Waals surface area contributed by atoms with Gasteiger partial charge in [0.15, 0.2) is 0 Å². The summed E-state index contributed by atoms with van der Waals surface area (Å²) in [5, 5.41) is 13.7. The molecule has 1 atom stereocenters. The van der Waals surface area contributed by atoms with Crippen molar-refractivity contribution in [2.45, 2.75) is 31.8 Å². The number of phenolic OH excluding ortho intramolecular Hbond substituents is 1. The van der Waals surface area contributed by atoms with Crippen molar-refractivity contribution in [3.8, 4) is 5.75 Å². The molecule has 1 aliphatic heterocycles. The maximum absolute atomic E-state index is 9.73. The van der Waals surface area contributed by atoms with Gasteiger partial charge in [-0.15, -0.1) is 0 Å². The van der Waals surface area contributed by atoms with Crippen molar-refractivity contribution in [1.29, 1.82) is 0 Å². The van der Waals surface area contributed by atoms with Gasteiger partial charge < -0.3 is 14.4 Å². The summed E-state index contributed by atoms with van der Waals surface area (Å²) in [6, 6.07) is 7.14. The molecule has 1 saturated heterocycles. The number of nitrogens with zero attached hydrogens (tertiary/aromatic N) is 2. The summed E-state index contributed by atoms with van der Waals surface area (Å²) in [5.41, 5.74) is 0.343. The summed E-state index contributed by atoms with van der Waals surface area (Å²) in [7, 11) is 0. The molecule has 5 nitrogen and oxygen atoms in total. The van der Waals surface area contributed by atoms with Crippen LogP contribution in [0.1, 0.15) is 37.0 Å². The van der Waals surface area contributed by atoms with Crippen LogP contribution in [0.15, 0.2) is 28.8 Å². The van der Waals surface area contributed by atoms with Gasteiger partial charge in [0, 0.05) is 12.2 Å². The first-order chi connectivity index (χ1) is 9.17. The van der Waals surface area contributed by atoms with Gasteiger partial charge in [-0.2, -0.15) is 4.98 Å². The first-order valence-corrected chi connectivity index (χ1v) is 6.41. The summed E-state index contributed by atoms with van der Waals surface area (Å²) in [4.78, 5) is 4.39. The van der Waals surface area contributed by atoms with Crippen molar-refractivity contribution in [3.05, 3.63) is 41.5 Å². The monoisotopic (exact) mass is 260 g/mol. The Morgan fingerprint density at radius 2 is 2.21 bits per heavy atom. The van der Waals surface area contributed by atoms with E-state index < -0.39 is 5.60 Å². The predicted molar refractivity (Wildman–Crippen MR) is 67.7 cm³/mol. The summed E-state index contributed by atoms with van der Waals surface area (Å²) in [6.07, 6.45) is 2.35. The van der Waals surface area contributed by atoms with Crippen LogP contribution in [0.25, 0.3) is 0 Å². The first-order valence-electron chi connectivity index (χ1n) is 6.41. The van der Waals surface area contributed by atoms with E-state index in [9.17, 15) is 5.11 Å². The zero-order valence-electron chi connectivity index (χ0n) is 10.8. The van der Waals surface area contributed by atoms with E-state index in [1.54, 1.807) is 12.1 Å². The number of hydrogen-bond acceptors (Lipinski definition) is 5. The Morgan fingerprint density at radius 3 is 2.95 bits per heavy atom. The molecule has 0 bridgehead atoms. The highest BCUT2D eigenvalue weighted by Crippen LogP contribution is 2.33. The molecule has 3 rings (SSSR count). The van der Waals surface area contributed by atoms with Gasteiger partial charge in [0.05, 0.1) is 6.42 Å². The fourth-order valence-electron chi connectivity index (χ4n) is 2.32. The minimum absolute atomic E-state index is 0.241.